The molecular weight excluding hydrogens is 262 g/mol. The molecule has 1 aliphatic rings. The van der Waals surface area contributed by atoms with Gasteiger partial charge in [-0.25, -0.2) is 0 Å². The second kappa shape index (κ2) is 9.74. The monoisotopic (exact) mass is 287 g/mol. The number of nitrogens with one attached hydrogen (secondary N) is 1. The first-order valence-electron chi connectivity index (χ1n) is 7.05. The van der Waals surface area contributed by atoms with Crippen LogP contribution in [0.25, 0.3) is 0 Å². The van der Waals surface area contributed by atoms with Crippen LogP contribution in [0.5, 0.6) is 0 Å². The summed E-state index contributed by atoms with van der Waals surface area (Å²) >= 11 is 0. The van der Waals surface area contributed by atoms with E-state index >= 15 is 0 Å². The van der Waals surface area contributed by atoms with Gasteiger partial charge in [0.15, 0.2) is 5.76 Å². The van der Waals surface area contributed by atoms with E-state index in [2.05, 4.69) is 5.32 Å². The third-order valence-corrected chi connectivity index (χ3v) is 2.93. The van der Waals surface area contributed by atoms with E-state index in [9.17, 15) is 4.79 Å². The Balaban J connectivity index is 2.37. The number of amides is 1. The minimum absolute atomic E-state index is 0.165. The number of allylic oxidation sites excluding steroid dienone is 1. The van der Waals surface area contributed by atoms with Gasteiger partial charge in [-0.1, -0.05) is 6.92 Å². The summed E-state index contributed by atoms with van der Waals surface area (Å²) in [5.74, 6) is 0.305. The lowest BCUT2D eigenvalue weighted by Crippen LogP contribution is -2.34. The number of aliphatic hydroxyl groups is 1. The quantitative estimate of drug-likeness (QED) is 0.614. The van der Waals surface area contributed by atoms with Gasteiger partial charge in [0.1, 0.15) is 0 Å². The van der Waals surface area contributed by atoms with Gasteiger partial charge in [0.2, 0.25) is 6.29 Å². The standard InChI is InChI=1S/C14H25NO5/c1-11-9-12(14(17)15-5-8-18-2)20-13(10-11)19-7-4-3-6-16/h9,11,13,16H,3-8,10H2,1-2H3,(H,15,17)/t11-,13+/m1/s1. The number of methoxy groups -OCH3 is 1. The highest BCUT2D eigenvalue weighted by atomic mass is 16.7. The molecule has 0 aliphatic carbocycles. The van der Waals surface area contributed by atoms with E-state index in [0.717, 1.165) is 12.8 Å². The summed E-state index contributed by atoms with van der Waals surface area (Å²) in [6.45, 7) is 3.63. The summed E-state index contributed by atoms with van der Waals surface area (Å²) < 4.78 is 16.0. The van der Waals surface area contributed by atoms with E-state index in [4.69, 9.17) is 19.3 Å². The Bertz CT molecular complexity index is 319. The Labute approximate surface area is 120 Å². The maximum Gasteiger partial charge on any atom is 0.286 e. The largest absolute Gasteiger partial charge is 0.459 e. The van der Waals surface area contributed by atoms with Gasteiger partial charge < -0.3 is 24.6 Å². The molecule has 1 heterocycles. The van der Waals surface area contributed by atoms with Crippen molar-refractivity contribution >= 4 is 5.91 Å². The fraction of sp³-hybridized carbons (Fsp3) is 0.786. The summed E-state index contributed by atoms with van der Waals surface area (Å²) in [7, 11) is 1.58. The zero-order valence-electron chi connectivity index (χ0n) is 12.3. The molecule has 6 nitrogen and oxygen atoms in total. The van der Waals surface area contributed by atoms with E-state index in [0.29, 0.717) is 31.9 Å². The Morgan fingerprint density at radius 2 is 2.30 bits per heavy atom. The third-order valence-electron chi connectivity index (χ3n) is 2.93. The fourth-order valence-electron chi connectivity index (χ4n) is 1.87. The number of carbonyl (C=O) groups excluding carboxylic acids is 1. The average molecular weight is 287 g/mol. The van der Waals surface area contributed by atoms with Gasteiger partial charge in [0.25, 0.3) is 5.91 Å². The predicted octanol–water partition coefficient (Wildman–Crippen LogP) is 0.804. The smallest absolute Gasteiger partial charge is 0.286 e. The molecule has 0 spiro atoms. The van der Waals surface area contributed by atoms with E-state index < -0.39 is 6.29 Å². The second-order valence-electron chi connectivity index (χ2n) is 4.84. The van der Waals surface area contributed by atoms with Crippen LogP contribution in [0.3, 0.4) is 0 Å². The zero-order valence-corrected chi connectivity index (χ0v) is 12.3. The summed E-state index contributed by atoms with van der Waals surface area (Å²) in [4.78, 5) is 11.9. The van der Waals surface area contributed by atoms with Gasteiger partial charge in [0, 0.05) is 26.7 Å². The molecule has 1 aliphatic heterocycles. The van der Waals surface area contributed by atoms with Crippen LogP contribution in [0.2, 0.25) is 0 Å². The molecule has 1 amide bonds. The molecule has 2 N–H and O–H groups in total. The fourth-order valence-corrected chi connectivity index (χ4v) is 1.87. The van der Waals surface area contributed by atoms with Crippen LogP contribution in [0.1, 0.15) is 26.2 Å². The first-order chi connectivity index (χ1) is 9.67. The highest BCUT2D eigenvalue weighted by Gasteiger charge is 2.25. The summed E-state index contributed by atoms with van der Waals surface area (Å²) in [5.41, 5.74) is 0. The first kappa shape index (κ1) is 16.9. The summed E-state index contributed by atoms with van der Waals surface area (Å²) in [5, 5.41) is 11.4. The maximum absolute atomic E-state index is 11.9. The average Bonchev–Trinajstić information content (AvgIpc) is 2.43. The molecule has 0 aromatic heterocycles. The van der Waals surface area contributed by atoms with E-state index in [1.165, 1.54) is 0 Å². The van der Waals surface area contributed by atoms with Crippen LogP contribution in [-0.2, 0) is 19.0 Å². The molecule has 0 saturated carbocycles. The molecular formula is C14H25NO5. The summed E-state index contributed by atoms with van der Waals surface area (Å²) in [6.07, 6.45) is 3.65. The van der Waals surface area contributed by atoms with Crippen molar-refractivity contribution in [2.45, 2.75) is 32.5 Å². The third kappa shape index (κ3) is 6.36. The van der Waals surface area contributed by atoms with Gasteiger partial charge in [-0.15, -0.1) is 0 Å². The molecule has 116 valence electrons. The Hall–Kier alpha value is -1.11. The van der Waals surface area contributed by atoms with Crippen LogP contribution in [0, 0.1) is 5.92 Å². The molecule has 0 bridgehead atoms. The van der Waals surface area contributed by atoms with Crippen molar-refractivity contribution in [3.8, 4) is 0 Å². The van der Waals surface area contributed by atoms with Crippen molar-refractivity contribution in [2.24, 2.45) is 5.92 Å². The molecule has 6 heteroatoms. The van der Waals surface area contributed by atoms with Crippen LogP contribution in [-0.4, -0.2) is 50.8 Å². The number of unbranched alkanes of at least 4 members (excludes halogenated alkanes) is 1. The molecule has 1 rings (SSSR count). The molecule has 20 heavy (non-hydrogen) atoms. The van der Waals surface area contributed by atoms with Crippen molar-refractivity contribution in [2.75, 3.05) is 33.5 Å². The van der Waals surface area contributed by atoms with E-state index in [1.54, 1.807) is 7.11 Å². The first-order valence-corrected chi connectivity index (χ1v) is 7.05. The van der Waals surface area contributed by atoms with Crippen LogP contribution in [0.4, 0.5) is 0 Å². The predicted molar refractivity (Wildman–Crippen MR) is 73.9 cm³/mol. The second-order valence-corrected chi connectivity index (χ2v) is 4.84. The SMILES string of the molecule is COCCNC(=O)C1=C[C@@H](C)C[C@@H](OCCCCO)O1. The minimum Gasteiger partial charge on any atom is -0.459 e. The van der Waals surface area contributed by atoms with Gasteiger partial charge in [-0.05, 0) is 24.8 Å². The van der Waals surface area contributed by atoms with Gasteiger partial charge >= 0.3 is 0 Å². The number of aliphatic hydroxyl groups excluding tert-OH is 1. The maximum atomic E-state index is 11.9. The Kier molecular flexibility index (Phi) is 8.25. The summed E-state index contributed by atoms with van der Waals surface area (Å²) in [6, 6.07) is 0. The van der Waals surface area contributed by atoms with Crippen LogP contribution >= 0.6 is 0 Å². The molecule has 0 unspecified atom stereocenters. The molecule has 2 atom stereocenters. The number of carbonyl (C=O) groups is 1. The normalized spacial score (nSPS) is 22.1. The number of ether oxygens (including phenoxy) is 3. The Morgan fingerprint density at radius 1 is 1.50 bits per heavy atom. The van der Waals surface area contributed by atoms with Crippen LogP contribution < -0.4 is 5.32 Å². The van der Waals surface area contributed by atoms with E-state index in [-0.39, 0.29) is 18.4 Å². The van der Waals surface area contributed by atoms with Crippen molar-refractivity contribution in [1.29, 1.82) is 0 Å². The lowest BCUT2D eigenvalue weighted by atomic mass is 10.0. The highest BCUT2D eigenvalue weighted by molar-refractivity contribution is 5.91. The van der Waals surface area contributed by atoms with Crippen molar-refractivity contribution in [1.82, 2.24) is 5.32 Å². The van der Waals surface area contributed by atoms with Crippen LogP contribution in [0.15, 0.2) is 11.8 Å². The number of rotatable bonds is 9. The van der Waals surface area contributed by atoms with Gasteiger partial charge in [-0.2, -0.15) is 0 Å². The van der Waals surface area contributed by atoms with E-state index in [1.807, 2.05) is 13.0 Å². The van der Waals surface area contributed by atoms with Crippen molar-refractivity contribution in [3.63, 3.8) is 0 Å². The molecule has 0 fully saturated rings. The highest BCUT2D eigenvalue weighted by Crippen LogP contribution is 2.23. The van der Waals surface area contributed by atoms with Crippen molar-refractivity contribution < 1.29 is 24.1 Å². The Morgan fingerprint density at radius 3 is 3.00 bits per heavy atom. The number of hydrogen-bond donors (Lipinski definition) is 2. The lowest BCUT2D eigenvalue weighted by Gasteiger charge is -2.27. The minimum atomic E-state index is -0.392. The lowest BCUT2D eigenvalue weighted by molar-refractivity contribution is -0.148. The molecule has 0 aromatic rings. The molecule has 0 saturated heterocycles. The zero-order chi connectivity index (χ0) is 14.8. The van der Waals surface area contributed by atoms with Gasteiger partial charge in [-0.3, -0.25) is 4.79 Å². The topological polar surface area (TPSA) is 77.0 Å². The molecule has 0 aromatic carbocycles. The van der Waals surface area contributed by atoms with Gasteiger partial charge in [0.05, 0.1) is 13.2 Å². The molecule has 0 radical (unpaired) electrons. The number of hydrogen-bond acceptors (Lipinski definition) is 5. The van der Waals surface area contributed by atoms with Crippen molar-refractivity contribution in [3.05, 3.63) is 11.8 Å².